The van der Waals surface area contributed by atoms with Crippen LogP contribution in [0.2, 0.25) is 0 Å². The minimum absolute atomic E-state index is 0.118. The summed E-state index contributed by atoms with van der Waals surface area (Å²) in [5.41, 5.74) is 1.28. The number of nitrogens with zero attached hydrogens (tertiary/aromatic N) is 4. The third-order valence-corrected chi connectivity index (χ3v) is 6.68. The van der Waals surface area contributed by atoms with Gasteiger partial charge in [-0.2, -0.15) is 5.26 Å². The number of sulfone groups is 1. The van der Waals surface area contributed by atoms with Crippen molar-refractivity contribution in [2.24, 2.45) is 0 Å². The monoisotopic (exact) mass is 396 g/mol. The molecule has 0 saturated carbocycles. The van der Waals surface area contributed by atoms with Crippen molar-refractivity contribution in [1.82, 2.24) is 9.97 Å². The molecule has 8 heteroatoms. The number of aromatic nitrogens is 2. The van der Waals surface area contributed by atoms with Gasteiger partial charge in [0.25, 0.3) is 0 Å². The maximum Gasteiger partial charge on any atom is 0.200 e. The molecule has 0 unspecified atom stereocenters. The van der Waals surface area contributed by atoms with Crippen LogP contribution in [0, 0.1) is 17.1 Å². The quantitative estimate of drug-likeness (QED) is 0.628. The van der Waals surface area contributed by atoms with Gasteiger partial charge < -0.3 is 4.90 Å². The number of nitriles is 1. The average molecular weight is 396 g/mol. The Bertz CT molecular complexity index is 1170. The van der Waals surface area contributed by atoms with Crippen LogP contribution < -0.4 is 4.90 Å². The van der Waals surface area contributed by atoms with Crippen molar-refractivity contribution in [2.45, 2.75) is 23.0 Å². The summed E-state index contributed by atoms with van der Waals surface area (Å²) in [6.45, 7) is 1.46. The average Bonchev–Trinajstić information content (AvgIpc) is 3.23. The van der Waals surface area contributed by atoms with Gasteiger partial charge in [0.15, 0.2) is 11.1 Å². The van der Waals surface area contributed by atoms with Gasteiger partial charge in [-0.1, -0.05) is 12.1 Å². The van der Waals surface area contributed by atoms with Crippen molar-refractivity contribution in [1.29, 1.82) is 5.26 Å². The smallest absolute Gasteiger partial charge is 0.200 e. The molecule has 0 amide bonds. The molecule has 1 aliphatic heterocycles. The van der Waals surface area contributed by atoms with Gasteiger partial charge in [0.1, 0.15) is 11.5 Å². The van der Waals surface area contributed by atoms with Gasteiger partial charge in [-0.15, -0.1) is 0 Å². The standard InChI is InChI=1S/C20H17FN4O2S/c21-14-7-9-15(10-8-14)28(26,27)18(13-22)19-20(25-11-3-4-12-25)24-17-6-2-1-5-16(17)23-19/h1-2,5-10,18H,3-4,11-12H2/t18-/m1/s1. The van der Waals surface area contributed by atoms with Crippen LogP contribution in [0.3, 0.4) is 0 Å². The lowest BCUT2D eigenvalue weighted by Crippen LogP contribution is -2.24. The molecule has 28 heavy (non-hydrogen) atoms. The molecular formula is C20H17FN4O2S. The fourth-order valence-corrected chi connectivity index (χ4v) is 4.76. The summed E-state index contributed by atoms with van der Waals surface area (Å²) < 4.78 is 39.5. The molecule has 4 rings (SSSR count). The topological polar surface area (TPSA) is 86.9 Å². The zero-order valence-electron chi connectivity index (χ0n) is 14.9. The van der Waals surface area contributed by atoms with Crippen molar-refractivity contribution < 1.29 is 12.8 Å². The first-order valence-corrected chi connectivity index (χ1v) is 10.5. The molecule has 2 aromatic carbocycles. The van der Waals surface area contributed by atoms with E-state index < -0.39 is 20.9 Å². The Hall–Kier alpha value is -3.05. The third kappa shape index (κ3) is 3.18. The van der Waals surface area contributed by atoms with E-state index in [0.717, 1.165) is 38.1 Å². The van der Waals surface area contributed by atoms with Crippen molar-refractivity contribution in [3.63, 3.8) is 0 Å². The first kappa shape index (κ1) is 18.3. The van der Waals surface area contributed by atoms with Gasteiger partial charge in [0.05, 0.1) is 22.0 Å². The fourth-order valence-electron chi connectivity index (χ4n) is 3.38. The first-order chi connectivity index (χ1) is 13.5. The van der Waals surface area contributed by atoms with E-state index in [2.05, 4.69) is 9.97 Å². The maximum atomic E-state index is 13.2. The highest BCUT2D eigenvalue weighted by molar-refractivity contribution is 7.92. The molecule has 1 saturated heterocycles. The molecular weight excluding hydrogens is 379 g/mol. The third-order valence-electron chi connectivity index (χ3n) is 4.80. The van der Waals surface area contributed by atoms with E-state index in [9.17, 15) is 18.1 Å². The summed E-state index contributed by atoms with van der Waals surface area (Å²) in [7, 11) is -4.10. The van der Waals surface area contributed by atoms with Crippen molar-refractivity contribution in [2.75, 3.05) is 18.0 Å². The number of anilines is 1. The molecule has 2 heterocycles. The van der Waals surface area contributed by atoms with E-state index >= 15 is 0 Å². The van der Waals surface area contributed by atoms with E-state index in [1.807, 2.05) is 23.1 Å². The van der Waals surface area contributed by atoms with Crippen LogP contribution in [0.15, 0.2) is 53.4 Å². The summed E-state index contributed by atoms with van der Waals surface area (Å²) in [4.78, 5) is 11.0. The van der Waals surface area contributed by atoms with Crippen LogP contribution >= 0.6 is 0 Å². The van der Waals surface area contributed by atoms with Gasteiger partial charge >= 0.3 is 0 Å². The Kier molecular flexibility index (Phi) is 4.69. The second kappa shape index (κ2) is 7.17. The molecule has 142 valence electrons. The summed E-state index contributed by atoms with van der Waals surface area (Å²) in [5, 5.41) is 8.24. The normalized spacial score (nSPS) is 15.5. The van der Waals surface area contributed by atoms with Crippen molar-refractivity contribution in [3.05, 3.63) is 60.0 Å². The van der Waals surface area contributed by atoms with Crippen LogP contribution in [0.1, 0.15) is 23.8 Å². The van der Waals surface area contributed by atoms with Gasteiger partial charge in [-0.05, 0) is 49.2 Å². The number of benzene rings is 2. The Labute approximate surface area is 162 Å². The Morgan fingerprint density at radius 3 is 2.21 bits per heavy atom. The molecule has 0 aliphatic carbocycles. The highest BCUT2D eigenvalue weighted by atomic mass is 32.2. The second-order valence-electron chi connectivity index (χ2n) is 6.62. The summed E-state index contributed by atoms with van der Waals surface area (Å²) in [5.74, 6) is -0.121. The lowest BCUT2D eigenvalue weighted by atomic mass is 10.2. The minimum Gasteiger partial charge on any atom is -0.355 e. The van der Waals surface area contributed by atoms with Crippen LogP contribution in [0.25, 0.3) is 11.0 Å². The highest BCUT2D eigenvalue weighted by Gasteiger charge is 2.35. The van der Waals surface area contributed by atoms with Crippen LogP contribution in [0.5, 0.6) is 0 Å². The van der Waals surface area contributed by atoms with Gasteiger partial charge in [0.2, 0.25) is 9.84 Å². The van der Waals surface area contributed by atoms with Crippen molar-refractivity contribution in [3.8, 4) is 6.07 Å². The molecule has 6 nitrogen and oxygen atoms in total. The second-order valence-corrected chi connectivity index (χ2v) is 8.66. The molecule has 3 aromatic rings. The molecule has 0 spiro atoms. The number of fused-ring (bicyclic) bond motifs is 1. The molecule has 0 radical (unpaired) electrons. The van der Waals surface area contributed by atoms with E-state index in [0.29, 0.717) is 16.9 Å². The Balaban J connectivity index is 1.90. The van der Waals surface area contributed by atoms with E-state index in [1.54, 1.807) is 12.1 Å². The summed E-state index contributed by atoms with van der Waals surface area (Å²) in [6.07, 6.45) is 1.94. The van der Waals surface area contributed by atoms with Gasteiger partial charge in [-0.25, -0.2) is 22.8 Å². The fraction of sp³-hybridized carbons (Fsp3) is 0.250. The van der Waals surface area contributed by atoms with E-state index in [-0.39, 0.29) is 10.6 Å². The number of rotatable bonds is 4. The summed E-state index contributed by atoms with van der Waals surface area (Å²) in [6, 6.07) is 13.5. The molecule has 1 aliphatic rings. The van der Waals surface area contributed by atoms with E-state index in [4.69, 9.17) is 0 Å². The first-order valence-electron chi connectivity index (χ1n) is 8.91. The molecule has 1 atom stereocenters. The zero-order valence-corrected chi connectivity index (χ0v) is 15.7. The molecule has 1 fully saturated rings. The van der Waals surface area contributed by atoms with Gasteiger partial charge in [-0.3, -0.25) is 0 Å². The number of para-hydroxylation sites is 2. The zero-order chi connectivity index (χ0) is 19.7. The minimum atomic E-state index is -4.10. The predicted octanol–water partition coefficient (Wildman–Crippen LogP) is 3.41. The number of hydrogen-bond acceptors (Lipinski definition) is 6. The lowest BCUT2D eigenvalue weighted by molar-refractivity contribution is 0.589. The van der Waals surface area contributed by atoms with Crippen molar-refractivity contribution >= 4 is 26.7 Å². The largest absolute Gasteiger partial charge is 0.355 e. The lowest BCUT2D eigenvalue weighted by Gasteiger charge is -2.22. The van der Waals surface area contributed by atoms with Crippen LogP contribution in [0.4, 0.5) is 10.2 Å². The predicted molar refractivity (Wildman–Crippen MR) is 103 cm³/mol. The van der Waals surface area contributed by atoms with Crippen LogP contribution in [-0.4, -0.2) is 31.5 Å². The maximum absolute atomic E-state index is 13.2. The SMILES string of the molecule is N#C[C@H](c1nc2ccccc2nc1N1CCCC1)S(=O)(=O)c1ccc(F)cc1. The Morgan fingerprint density at radius 1 is 1.00 bits per heavy atom. The molecule has 0 N–H and O–H groups in total. The number of hydrogen-bond donors (Lipinski definition) is 0. The molecule has 1 aromatic heterocycles. The van der Waals surface area contributed by atoms with E-state index in [1.165, 1.54) is 12.1 Å². The van der Waals surface area contributed by atoms with Crippen LogP contribution in [-0.2, 0) is 9.84 Å². The summed E-state index contributed by atoms with van der Waals surface area (Å²) >= 11 is 0. The van der Waals surface area contributed by atoms with Gasteiger partial charge in [0, 0.05) is 13.1 Å². The molecule has 0 bridgehead atoms. The number of halogens is 1. The highest BCUT2D eigenvalue weighted by Crippen LogP contribution is 2.35. The Morgan fingerprint density at radius 2 is 1.61 bits per heavy atom.